The first-order chi connectivity index (χ1) is 16.7. The van der Waals surface area contributed by atoms with Crippen molar-refractivity contribution in [1.82, 2.24) is 4.57 Å². The second-order valence-corrected chi connectivity index (χ2v) is 9.24. The smallest absolute Gasteiger partial charge is 0.136 e. The Hall–Kier alpha value is -3.82. The van der Waals surface area contributed by atoms with E-state index in [0.717, 1.165) is 43.2 Å². The van der Waals surface area contributed by atoms with E-state index < -0.39 is 0 Å². The summed E-state index contributed by atoms with van der Waals surface area (Å²) < 4.78 is 9.40. The molecule has 6 rings (SSSR count). The average molecular weight is 504 g/mol. The van der Waals surface area contributed by atoms with Crippen molar-refractivity contribution in [1.29, 1.82) is 0 Å². The van der Waals surface area contributed by atoms with E-state index in [9.17, 15) is 0 Å². The van der Waals surface area contributed by atoms with Gasteiger partial charge >= 0.3 is 0 Å². The summed E-state index contributed by atoms with van der Waals surface area (Å²) in [6, 6.07) is 38.1. The lowest BCUT2D eigenvalue weighted by Gasteiger charge is -2.11. The fraction of sp³-hybridized carbons (Fsp3) is 0.0323. The third kappa shape index (κ3) is 3.49. The number of rotatable bonds is 2. The fourth-order valence-corrected chi connectivity index (χ4v) is 5.28. The van der Waals surface area contributed by atoms with E-state index in [0.29, 0.717) is 0 Å². The molecular weight excluding hydrogens is 482 g/mol. The average Bonchev–Trinajstić information content (AvgIpc) is 3.27. The predicted octanol–water partition coefficient (Wildman–Crippen LogP) is 9.39. The van der Waals surface area contributed by atoms with E-state index in [1.54, 1.807) is 0 Å². The Morgan fingerprint density at radius 3 is 2.35 bits per heavy atom. The first-order valence-corrected chi connectivity index (χ1v) is 12.1. The minimum Gasteiger partial charge on any atom is -0.456 e. The van der Waals surface area contributed by atoms with Crippen molar-refractivity contribution in [2.45, 2.75) is 6.92 Å². The molecule has 0 aliphatic carbocycles. The molecule has 2 aromatic heterocycles. The van der Waals surface area contributed by atoms with Gasteiger partial charge in [0.2, 0.25) is 0 Å². The molecule has 0 atom stereocenters. The highest BCUT2D eigenvalue weighted by Gasteiger charge is 2.12. The molecule has 0 saturated heterocycles. The van der Waals surface area contributed by atoms with Gasteiger partial charge in [0, 0.05) is 32.5 Å². The fourth-order valence-electron chi connectivity index (χ4n) is 4.72. The van der Waals surface area contributed by atoms with E-state index in [1.165, 1.54) is 16.5 Å². The van der Waals surface area contributed by atoms with Crippen molar-refractivity contribution in [2.75, 3.05) is 0 Å². The van der Waals surface area contributed by atoms with Gasteiger partial charge in [-0.15, -0.1) is 0 Å². The third-order valence-corrected chi connectivity index (χ3v) is 7.03. The van der Waals surface area contributed by atoms with Crippen molar-refractivity contribution in [3.63, 3.8) is 0 Å². The van der Waals surface area contributed by atoms with Crippen molar-refractivity contribution in [3.8, 4) is 16.8 Å². The lowest BCUT2D eigenvalue weighted by atomic mass is 9.98. The molecule has 0 unspecified atom stereocenters. The van der Waals surface area contributed by atoms with Crippen LogP contribution < -0.4 is 0 Å². The summed E-state index contributed by atoms with van der Waals surface area (Å²) in [5.41, 5.74) is 7.65. The van der Waals surface area contributed by atoms with Gasteiger partial charge in [-0.1, -0.05) is 76.6 Å². The molecule has 0 saturated carbocycles. The monoisotopic (exact) mass is 503 g/mol. The minimum atomic E-state index is 0.893. The van der Waals surface area contributed by atoms with Gasteiger partial charge in [0.1, 0.15) is 11.2 Å². The van der Waals surface area contributed by atoms with Crippen molar-refractivity contribution in [2.24, 2.45) is 0 Å². The van der Waals surface area contributed by atoms with Crippen LogP contribution in [0.15, 0.2) is 124 Å². The van der Waals surface area contributed by atoms with Crippen LogP contribution in [0.25, 0.3) is 49.7 Å². The van der Waals surface area contributed by atoms with Gasteiger partial charge in [0.05, 0.1) is 5.52 Å². The minimum absolute atomic E-state index is 0.893. The van der Waals surface area contributed by atoms with Gasteiger partial charge in [-0.3, -0.25) is 0 Å². The molecule has 0 N–H and O–H groups in total. The molecule has 0 aliphatic heterocycles. The lowest BCUT2D eigenvalue weighted by Crippen LogP contribution is -1.94. The van der Waals surface area contributed by atoms with Crippen LogP contribution in [0.3, 0.4) is 0 Å². The van der Waals surface area contributed by atoms with Crippen LogP contribution in [-0.2, 0) is 0 Å². The Balaban J connectivity index is 1.67. The zero-order valence-electron chi connectivity index (χ0n) is 18.7. The zero-order valence-corrected chi connectivity index (χ0v) is 20.3. The molecule has 2 heterocycles. The molecular formula is C31H22BrNO. The van der Waals surface area contributed by atoms with E-state index >= 15 is 0 Å². The number of furan rings is 1. The number of fused-ring (bicyclic) bond motifs is 4. The van der Waals surface area contributed by atoms with Gasteiger partial charge in [-0.2, -0.15) is 0 Å². The maximum atomic E-state index is 6.10. The molecule has 164 valence electrons. The Kier molecular flexibility index (Phi) is 5.20. The second kappa shape index (κ2) is 8.51. The number of para-hydroxylation sites is 2. The first kappa shape index (κ1) is 20.8. The molecule has 0 bridgehead atoms. The summed E-state index contributed by atoms with van der Waals surface area (Å²) in [4.78, 5) is 0. The van der Waals surface area contributed by atoms with E-state index in [4.69, 9.17) is 4.42 Å². The summed E-state index contributed by atoms with van der Waals surface area (Å²) in [7, 11) is 0. The van der Waals surface area contributed by atoms with Crippen molar-refractivity contribution >= 4 is 48.8 Å². The highest BCUT2D eigenvalue weighted by Crippen LogP contribution is 2.37. The van der Waals surface area contributed by atoms with Gasteiger partial charge in [0.25, 0.3) is 0 Å². The molecule has 6 aromatic rings. The van der Waals surface area contributed by atoms with Crippen LogP contribution in [0, 0.1) is 6.92 Å². The van der Waals surface area contributed by atoms with E-state index in [-0.39, 0.29) is 0 Å². The van der Waals surface area contributed by atoms with Crippen LogP contribution in [-0.4, -0.2) is 4.57 Å². The molecule has 0 radical (unpaired) electrons. The number of nitrogens with zero attached hydrogens (tertiary/aromatic N) is 1. The van der Waals surface area contributed by atoms with E-state index in [2.05, 4.69) is 125 Å². The molecule has 0 amide bonds. The topological polar surface area (TPSA) is 18.1 Å². The lowest BCUT2D eigenvalue weighted by molar-refractivity contribution is 0.669. The number of halogens is 1. The third-order valence-electron chi connectivity index (χ3n) is 6.37. The molecule has 3 heteroatoms. The van der Waals surface area contributed by atoms with Crippen LogP contribution >= 0.6 is 15.9 Å². The Morgan fingerprint density at radius 2 is 1.47 bits per heavy atom. The number of hydrogen-bond acceptors (Lipinski definition) is 1. The van der Waals surface area contributed by atoms with Crippen molar-refractivity contribution in [3.05, 3.63) is 125 Å². The van der Waals surface area contributed by atoms with Crippen molar-refractivity contribution < 1.29 is 4.42 Å². The maximum absolute atomic E-state index is 6.10. The number of benzene rings is 4. The largest absolute Gasteiger partial charge is 0.456 e. The second-order valence-electron chi connectivity index (χ2n) is 8.39. The van der Waals surface area contributed by atoms with Crippen LogP contribution in [0.4, 0.5) is 0 Å². The zero-order chi connectivity index (χ0) is 23.1. The highest BCUT2D eigenvalue weighted by atomic mass is 79.9. The summed E-state index contributed by atoms with van der Waals surface area (Å²) in [6.07, 6.45) is 2.13. The number of hydrogen-bond donors (Lipinski definition) is 0. The maximum Gasteiger partial charge on any atom is 0.136 e. The number of aryl methyl sites for hydroxylation is 1. The molecule has 4 aromatic carbocycles. The molecule has 0 fully saturated rings. The SMILES string of the molecule is Cc1c(-c2ccc3oc4cccc(Br)c4c3c2)ccccn(-c2ccccc2)c2ccccc12. The Morgan fingerprint density at radius 1 is 0.676 bits per heavy atom. The standard InChI is InChI=1S/C31H22BrNO/c1-21-24(22-17-18-29-26(20-22)31-27(32)14-9-16-30(31)34-29)12-7-8-19-33(23-10-3-2-4-11-23)28-15-6-5-13-25(21)28/h2-20H,1H3. The molecule has 0 aliphatic rings. The van der Waals surface area contributed by atoms with Gasteiger partial charge in [0.15, 0.2) is 0 Å². The van der Waals surface area contributed by atoms with Crippen LogP contribution in [0.5, 0.6) is 0 Å². The molecule has 34 heavy (non-hydrogen) atoms. The van der Waals surface area contributed by atoms with Gasteiger partial charge < -0.3 is 8.98 Å². The summed E-state index contributed by atoms with van der Waals surface area (Å²) in [6.45, 7) is 2.21. The van der Waals surface area contributed by atoms with E-state index in [1.807, 2.05) is 18.2 Å². The molecule has 0 spiro atoms. The predicted molar refractivity (Wildman–Crippen MR) is 146 cm³/mol. The summed E-state index contributed by atoms with van der Waals surface area (Å²) in [5, 5.41) is 3.43. The highest BCUT2D eigenvalue weighted by molar-refractivity contribution is 9.10. The van der Waals surface area contributed by atoms with Crippen LogP contribution in [0.1, 0.15) is 5.56 Å². The Bertz CT molecular complexity index is 1730. The van der Waals surface area contributed by atoms with Gasteiger partial charge in [-0.05, 0) is 72.1 Å². The number of aromatic nitrogens is 1. The normalized spacial score (nSPS) is 11.2. The Labute approximate surface area is 206 Å². The molecule has 2 nitrogen and oxygen atoms in total. The summed E-state index contributed by atoms with van der Waals surface area (Å²) in [5.74, 6) is 0. The first-order valence-electron chi connectivity index (χ1n) is 11.3. The summed E-state index contributed by atoms with van der Waals surface area (Å²) >= 11 is 3.71. The van der Waals surface area contributed by atoms with Gasteiger partial charge in [-0.25, -0.2) is 0 Å². The van der Waals surface area contributed by atoms with Crippen LogP contribution in [0.2, 0.25) is 0 Å². The quantitative estimate of drug-likeness (QED) is 0.230.